The maximum Gasteiger partial charge on any atom is 0.178 e. The fourth-order valence-electron chi connectivity index (χ4n) is 7.76. The van der Waals surface area contributed by atoms with Crippen molar-refractivity contribution in [1.29, 1.82) is 0 Å². The Kier molecular flexibility index (Phi) is 7.12. The second-order valence-corrected chi connectivity index (χ2v) is 14.2. The zero-order valence-electron chi connectivity index (χ0n) is 29.4. The summed E-state index contributed by atoms with van der Waals surface area (Å²) in [6.45, 7) is 4.55. The Bertz CT molecular complexity index is 2670. The summed E-state index contributed by atoms with van der Waals surface area (Å²) in [5, 5.41) is 0. The highest BCUT2D eigenvalue weighted by molar-refractivity contribution is 5.88. The smallest absolute Gasteiger partial charge is 0.178 e. The van der Waals surface area contributed by atoms with E-state index in [0.29, 0.717) is 17.3 Å². The Hall–Kier alpha value is -6.78. The molecule has 4 nitrogen and oxygen atoms in total. The minimum atomic E-state index is -0.118. The average molecular weight is 683 g/mol. The van der Waals surface area contributed by atoms with E-state index in [0.717, 1.165) is 61.8 Å². The van der Waals surface area contributed by atoms with Gasteiger partial charge in [0.05, 0.1) is 11.4 Å². The molecule has 1 aromatic heterocycles. The Labute approximate surface area is 309 Å². The summed E-state index contributed by atoms with van der Waals surface area (Å²) in [4.78, 5) is 10.1. The van der Waals surface area contributed by atoms with Gasteiger partial charge in [0.15, 0.2) is 28.8 Å². The molecular formula is C49H34N2O2. The summed E-state index contributed by atoms with van der Waals surface area (Å²) in [7, 11) is 0. The Morgan fingerprint density at radius 1 is 0.396 bits per heavy atom. The molecule has 0 amide bonds. The first-order valence-electron chi connectivity index (χ1n) is 18.0. The minimum Gasteiger partial charge on any atom is -0.449 e. The SMILES string of the molecule is CC1(C)c2ccccc2-c2c1ccc1c2Oc2cc(-c3ccc(-c4cc(-c5ccccc5)nc(-c5ccc(-c6ccccc6)cc5)n4)cc3)ccc2O1. The van der Waals surface area contributed by atoms with Crippen LogP contribution in [0.5, 0.6) is 23.0 Å². The lowest BCUT2D eigenvalue weighted by molar-refractivity contribution is 0.360. The van der Waals surface area contributed by atoms with Crippen LogP contribution < -0.4 is 9.47 Å². The zero-order valence-corrected chi connectivity index (χ0v) is 29.4. The molecule has 0 spiro atoms. The number of fused-ring (bicyclic) bond motifs is 6. The van der Waals surface area contributed by atoms with Crippen LogP contribution in [0.2, 0.25) is 0 Å². The van der Waals surface area contributed by atoms with E-state index in [-0.39, 0.29) is 5.41 Å². The standard InChI is InChI=1S/C49H34N2O2/c1-49(2)39-16-10-9-15-38(39)46-40(49)26-28-44-47(46)53-45-29-37(25-27-43(45)52-44)33-17-21-35(22-18-33)42-30-41(34-13-7-4-8-14-34)50-48(51-42)36-23-19-32(20-24-36)31-11-5-3-6-12-31/h3-30H,1-2H3. The highest BCUT2D eigenvalue weighted by Gasteiger charge is 2.39. The molecular weight excluding hydrogens is 649 g/mol. The van der Waals surface area contributed by atoms with E-state index in [1.54, 1.807) is 0 Å². The highest BCUT2D eigenvalue weighted by Crippen LogP contribution is 2.58. The molecule has 2 aliphatic rings. The van der Waals surface area contributed by atoms with Gasteiger partial charge in [-0.1, -0.05) is 159 Å². The van der Waals surface area contributed by atoms with Crippen LogP contribution in [-0.4, -0.2) is 9.97 Å². The first-order valence-corrected chi connectivity index (χ1v) is 18.0. The maximum atomic E-state index is 6.73. The number of nitrogens with zero attached hydrogens (tertiary/aromatic N) is 2. The molecule has 0 unspecified atom stereocenters. The Morgan fingerprint density at radius 3 is 1.64 bits per heavy atom. The topological polar surface area (TPSA) is 44.2 Å². The molecule has 252 valence electrons. The molecule has 0 bridgehead atoms. The quantitative estimate of drug-likeness (QED) is 0.181. The summed E-state index contributed by atoms with van der Waals surface area (Å²) < 4.78 is 13.2. The molecule has 2 heterocycles. The van der Waals surface area contributed by atoms with Crippen LogP contribution in [0.4, 0.5) is 0 Å². The van der Waals surface area contributed by atoms with Crippen LogP contribution in [0.15, 0.2) is 170 Å². The molecule has 0 N–H and O–H groups in total. The predicted octanol–water partition coefficient (Wildman–Crippen LogP) is 13.0. The van der Waals surface area contributed by atoms with Crippen LogP contribution in [0.1, 0.15) is 25.0 Å². The van der Waals surface area contributed by atoms with Gasteiger partial charge in [-0.25, -0.2) is 9.97 Å². The van der Waals surface area contributed by atoms with E-state index >= 15 is 0 Å². The first-order chi connectivity index (χ1) is 26.0. The number of aromatic nitrogens is 2. The zero-order chi connectivity index (χ0) is 35.5. The molecule has 53 heavy (non-hydrogen) atoms. The van der Waals surface area contributed by atoms with Crippen LogP contribution in [0.3, 0.4) is 0 Å². The van der Waals surface area contributed by atoms with E-state index in [1.807, 2.05) is 36.4 Å². The minimum absolute atomic E-state index is 0.118. The van der Waals surface area contributed by atoms with Crippen molar-refractivity contribution in [1.82, 2.24) is 9.97 Å². The van der Waals surface area contributed by atoms with Crippen LogP contribution in [0, 0.1) is 0 Å². The maximum absolute atomic E-state index is 6.73. The molecule has 0 saturated carbocycles. The van der Waals surface area contributed by atoms with Crippen molar-refractivity contribution in [2.75, 3.05) is 0 Å². The van der Waals surface area contributed by atoms with Gasteiger partial charge in [0.2, 0.25) is 0 Å². The van der Waals surface area contributed by atoms with Crippen LogP contribution in [-0.2, 0) is 5.41 Å². The fourth-order valence-corrected chi connectivity index (χ4v) is 7.76. The van der Waals surface area contributed by atoms with Crippen molar-refractivity contribution >= 4 is 0 Å². The van der Waals surface area contributed by atoms with Gasteiger partial charge in [-0.3, -0.25) is 0 Å². The lowest BCUT2D eigenvalue weighted by Crippen LogP contribution is -2.15. The second kappa shape index (κ2) is 12.2. The largest absolute Gasteiger partial charge is 0.449 e. The third kappa shape index (κ3) is 5.30. The summed E-state index contributed by atoms with van der Waals surface area (Å²) in [6, 6.07) is 58.8. The number of hydrogen-bond donors (Lipinski definition) is 0. The van der Waals surface area contributed by atoms with E-state index in [4.69, 9.17) is 19.4 Å². The number of hydrogen-bond acceptors (Lipinski definition) is 4. The highest BCUT2D eigenvalue weighted by atomic mass is 16.6. The van der Waals surface area contributed by atoms with E-state index < -0.39 is 0 Å². The number of benzene rings is 7. The summed E-state index contributed by atoms with van der Waals surface area (Å²) >= 11 is 0. The molecule has 0 atom stereocenters. The molecule has 7 aromatic carbocycles. The monoisotopic (exact) mass is 682 g/mol. The molecule has 1 aliphatic heterocycles. The van der Waals surface area contributed by atoms with Crippen molar-refractivity contribution < 1.29 is 9.47 Å². The van der Waals surface area contributed by atoms with Crippen molar-refractivity contribution in [2.24, 2.45) is 0 Å². The van der Waals surface area contributed by atoms with Gasteiger partial charge in [-0.15, -0.1) is 0 Å². The fraction of sp³-hybridized carbons (Fsp3) is 0.0612. The molecule has 0 saturated heterocycles. The van der Waals surface area contributed by atoms with Crippen molar-refractivity contribution in [3.63, 3.8) is 0 Å². The van der Waals surface area contributed by atoms with Gasteiger partial charge in [0.1, 0.15) is 0 Å². The van der Waals surface area contributed by atoms with E-state index in [1.165, 1.54) is 22.3 Å². The summed E-state index contributed by atoms with van der Waals surface area (Å²) in [6.07, 6.45) is 0. The Morgan fingerprint density at radius 2 is 0.925 bits per heavy atom. The Balaban J connectivity index is 0.980. The molecule has 1 aliphatic carbocycles. The molecule has 10 rings (SSSR count). The second-order valence-electron chi connectivity index (χ2n) is 14.2. The average Bonchev–Trinajstić information content (AvgIpc) is 3.46. The molecule has 8 aromatic rings. The van der Waals surface area contributed by atoms with Gasteiger partial charge in [0.25, 0.3) is 0 Å². The summed E-state index contributed by atoms with van der Waals surface area (Å²) in [5.74, 6) is 3.63. The number of ether oxygens (including phenoxy) is 2. The lowest BCUT2D eigenvalue weighted by Gasteiger charge is -2.25. The first kappa shape index (κ1) is 31.0. The lowest BCUT2D eigenvalue weighted by atomic mass is 9.82. The van der Waals surface area contributed by atoms with E-state index in [2.05, 4.69) is 147 Å². The van der Waals surface area contributed by atoms with Crippen molar-refractivity contribution in [3.8, 4) is 90.3 Å². The van der Waals surface area contributed by atoms with Crippen LogP contribution in [0.25, 0.3) is 67.3 Å². The summed E-state index contributed by atoms with van der Waals surface area (Å²) in [5.41, 5.74) is 14.0. The van der Waals surface area contributed by atoms with Gasteiger partial charge in [-0.2, -0.15) is 0 Å². The number of rotatable bonds is 5. The van der Waals surface area contributed by atoms with Crippen molar-refractivity contribution in [2.45, 2.75) is 19.3 Å². The van der Waals surface area contributed by atoms with Gasteiger partial charge >= 0.3 is 0 Å². The molecule has 0 fully saturated rings. The normalized spacial score (nSPS) is 13.2. The van der Waals surface area contributed by atoms with Gasteiger partial charge < -0.3 is 9.47 Å². The molecule has 4 heteroatoms. The predicted molar refractivity (Wildman–Crippen MR) is 213 cm³/mol. The van der Waals surface area contributed by atoms with E-state index in [9.17, 15) is 0 Å². The van der Waals surface area contributed by atoms with Crippen LogP contribution >= 0.6 is 0 Å². The third-order valence-corrected chi connectivity index (χ3v) is 10.6. The van der Waals surface area contributed by atoms with Gasteiger partial charge in [0, 0.05) is 27.7 Å². The van der Waals surface area contributed by atoms with Crippen molar-refractivity contribution in [3.05, 3.63) is 181 Å². The third-order valence-electron chi connectivity index (χ3n) is 10.6. The molecule has 0 radical (unpaired) electrons. The van der Waals surface area contributed by atoms with Gasteiger partial charge in [-0.05, 0) is 63.2 Å².